The van der Waals surface area contributed by atoms with Crippen molar-refractivity contribution in [2.24, 2.45) is 0 Å². The summed E-state index contributed by atoms with van der Waals surface area (Å²) >= 11 is 0. The molecule has 0 aromatic heterocycles. The van der Waals surface area contributed by atoms with Gasteiger partial charge in [0.15, 0.2) is 0 Å². The minimum atomic E-state index is -2.78. The maximum Gasteiger partial charge on any atom is 0.270 e. The minimum absolute atomic E-state index is 0.0643. The number of nitrogens with zero attached hydrogens (tertiary/aromatic N) is 2. The van der Waals surface area contributed by atoms with Gasteiger partial charge in [-0.3, -0.25) is 10.3 Å². The summed E-state index contributed by atoms with van der Waals surface area (Å²) in [7, 11) is 0. The van der Waals surface area contributed by atoms with Crippen LogP contribution in [0.2, 0.25) is 0 Å². The van der Waals surface area contributed by atoms with Gasteiger partial charge in [0.25, 0.3) is 5.92 Å². The fourth-order valence-corrected chi connectivity index (χ4v) is 3.45. The summed E-state index contributed by atoms with van der Waals surface area (Å²) < 4.78 is 26.5. The maximum atomic E-state index is 13.2. The second kappa shape index (κ2) is 9.98. The Morgan fingerprint density at radius 1 is 1.15 bits per heavy atom. The van der Waals surface area contributed by atoms with Crippen LogP contribution in [0, 0.1) is 5.41 Å². The predicted octanol–water partition coefficient (Wildman–Crippen LogP) is 5.07. The van der Waals surface area contributed by atoms with Crippen LogP contribution in [0.5, 0.6) is 0 Å². The fraction of sp³-hybridized carbons (Fsp3) is 0.591. The zero-order chi connectivity index (χ0) is 19.9. The molecule has 0 aliphatic carbocycles. The van der Waals surface area contributed by atoms with Crippen molar-refractivity contribution in [3.63, 3.8) is 0 Å². The summed E-state index contributed by atoms with van der Waals surface area (Å²) in [5, 5.41) is 8.41. The number of halogens is 2. The Balaban J connectivity index is 1.75. The molecule has 0 saturated carbocycles. The van der Waals surface area contributed by atoms with Gasteiger partial charge in [0.1, 0.15) is 5.84 Å². The lowest BCUT2D eigenvalue weighted by Gasteiger charge is -2.36. The van der Waals surface area contributed by atoms with Crippen LogP contribution in [0.25, 0.3) is 0 Å². The van der Waals surface area contributed by atoms with E-state index in [1.807, 2.05) is 6.92 Å². The second-order valence-corrected chi connectivity index (χ2v) is 7.54. The van der Waals surface area contributed by atoms with Gasteiger partial charge in [-0.15, -0.1) is 0 Å². The number of amidine groups is 1. The predicted molar refractivity (Wildman–Crippen MR) is 109 cm³/mol. The first kappa shape index (κ1) is 21.5. The molecule has 1 heterocycles. The van der Waals surface area contributed by atoms with Crippen LogP contribution in [0.1, 0.15) is 51.2 Å². The number of aryl methyl sites for hydroxylation is 1. The van der Waals surface area contributed by atoms with Crippen LogP contribution in [-0.2, 0) is 12.3 Å². The summed E-state index contributed by atoms with van der Waals surface area (Å²) in [5.41, 5.74) is 2.17. The SMILES string of the molecule is CCCN1CCN(C(=N)/C(C)=C\CCCc2ccc(C(C)(F)F)cc2)CC1. The molecule has 0 radical (unpaired) electrons. The fourth-order valence-electron chi connectivity index (χ4n) is 3.45. The van der Waals surface area contributed by atoms with Gasteiger partial charge in [0.2, 0.25) is 0 Å². The lowest BCUT2D eigenvalue weighted by Crippen LogP contribution is -2.48. The van der Waals surface area contributed by atoms with E-state index in [9.17, 15) is 8.78 Å². The van der Waals surface area contributed by atoms with Crippen molar-refractivity contribution in [3.8, 4) is 0 Å². The maximum absolute atomic E-state index is 13.2. The zero-order valence-electron chi connectivity index (χ0n) is 16.9. The first-order chi connectivity index (χ1) is 12.8. The highest BCUT2D eigenvalue weighted by Gasteiger charge is 2.23. The van der Waals surface area contributed by atoms with E-state index >= 15 is 0 Å². The van der Waals surface area contributed by atoms with E-state index in [1.54, 1.807) is 12.1 Å². The third-order valence-electron chi connectivity index (χ3n) is 5.18. The van der Waals surface area contributed by atoms with Gasteiger partial charge >= 0.3 is 0 Å². The van der Waals surface area contributed by atoms with Crippen LogP contribution in [0.4, 0.5) is 8.78 Å². The van der Waals surface area contributed by atoms with E-state index in [0.717, 1.165) is 70.0 Å². The van der Waals surface area contributed by atoms with Crippen molar-refractivity contribution in [2.45, 2.75) is 52.4 Å². The lowest BCUT2D eigenvalue weighted by molar-refractivity contribution is 0.0174. The zero-order valence-corrected chi connectivity index (χ0v) is 16.9. The molecular formula is C22H33F2N3. The van der Waals surface area contributed by atoms with Gasteiger partial charge in [-0.25, -0.2) is 8.78 Å². The minimum Gasteiger partial charge on any atom is -0.354 e. The highest BCUT2D eigenvalue weighted by molar-refractivity contribution is 5.95. The van der Waals surface area contributed by atoms with Crippen LogP contribution >= 0.6 is 0 Å². The highest BCUT2D eigenvalue weighted by atomic mass is 19.3. The number of unbranched alkanes of at least 4 members (excludes halogenated alkanes) is 1. The molecule has 0 unspecified atom stereocenters. The largest absolute Gasteiger partial charge is 0.354 e. The normalized spacial score (nSPS) is 16.6. The number of allylic oxidation sites excluding steroid dienone is 1. The smallest absolute Gasteiger partial charge is 0.270 e. The molecule has 1 aromatic rings. The Morgan fingerprint density at radius 2 is 1.78 bits per heavy atom. The Bertz CT molecular complexity index is 624. The van der Waals surface area contributed by atoms with Crippen LogP contribution < -0.4 is 0 Å². The summed E-state index contributed by atoms with van der Waals surface area (Å²) in [5.74, 6) is -2.14. The van der Waals surface area contributed by atoms with E-state index in [-0.39, 0.29) is 5.56 Å². The Morgan fingerprint density at radius 3 is 2.33 bits per heavy atom. The standard InChI is InChI=1S/C22H33F2N3/c1-4-13-26-14-16-27(17-15-26)21(25)18(2)7-5-6-8-19-9-11-20(12-10-19)22(3,23)24/h7,9-12,25H,4-6,8,13-17H2,1-3H3/b18-7-,25-21?. The third-order valence-corrected chi connectivity index (χ3v) is 5.18. The molecule has 1 aliphatic rings. The molecule has 1 aromatic carbocycles. The summed E-state index contributed by atoms with van der Waals surface area (Å²) in [6.07, 6.45) is 6.03. The molecule has 1 saturated heterocycles. The van der Waals surface area contributed by atoms with Gasteiger partial charge in [-0.05, 0) is 50.3 Å². The van der Waals surface area contributed by atoms with E-state index in [1.165, 1.54) is 18.6 Å². The van der Waals surface area contributed by atoms with Crippen molar-refractivity contribution in [1.29, 1.82) is 5.41 Å². The van der Waals surface area contributed by atoms with Gasteiger partial charge in [-0.1, -0.05) is 37.3 Å². The van der Waals surface area contributed by atoms with Crippen molar-refractivity contribution >= 4 is 5.84 Å². The number of nitrogens with one attached hydrogen (secondary N) is 1. The Labute approximate surface area is 162 Å². The molecule has 1 fully saturated rings. The van der Waals surface area contributed by atoms with Crippen molar-refractivity contribution < 1.29 is 8.78 Å². The van der Waals surface area contributed by atoms with E-state index in [0.29, 0.717) is 5.84 Å². The lowest BCUT2D eigenvalue weighted by atomic mass is 10.0. The van der Waals surface area contributed by atoms with E-state index in [2.05, 4.69) is 22.8 Å². The number of rotatable bonds is 8. The number of piperazine rings is 1. The summed E-state index contributed by atoms with van der Waals surface area (Å²) in [6, 6.07) is 6.62. The molecular weight excluding hydrogens is 344 g/mol. The molecule has 0 bridgehead atoms. The first-order valence-electron chi connectivity index (χ1n) is 10.0. The average Bonchev–Trinajstić information content (AvgIpc) is 2.65. The average molecular weight is 378 g/mol. The monoisotopic (exact) mass is 377 g/mol. The molecule has 1 N–H and O–H groups in total. The van der Waals surface area contributed by atoms with E-state index in [4.69, 9.17) is 5.41 Å². The summed E-state index contributed by atoms with van der Waals surface area (Å²) in [4.78, 5) is 4.63. The van der Waals surface area contributed by atoms with E-state index < -0.39 is 5.92 Å². The number of hydrogen-bond donors (Lipinski definition) is 1. The topological polar surface area (TPSA) is 30.3 Å². The molecule has 0 amide bonds. The quantitative estimate of drug-likeness (QED) is 0.389. The van der Waals surface area contributed by atoms with Gasteiger partial charge in [0, 0.05) is 38.7 Å². The van der Waals surface area contributed by atoms with Crippen molar-refractivity contribution in [1.82, 2.24) is 9.80 Å². The first-order valence-corrected chi connectivity index (χ1v) is 10.0. The molecule has 150 valence electrons. The van der Waals surface area contributed by atoms with Gasteiger partial charge < -0.3 is 4.90 Å². The molecule has 3 nitrogen and oxygen atoms in total. The molecule has 27 heavy (non-hydrogen) atoms. The Kier molecular flexibility index (Phi) is 7.96. The van der Waals surface area contributed by atoms with Crippen LogP contribution in [-0.4, -0.2) is 48.4 Å². The third kappa shape index (κ3) is 6.73. The van der Waals surface area contributed by atoms with Crippen molar-refractivity contribution in [2.75, 3.05) is 32.7 Å². The van der Waals surface area contributed by atoms with Gasteiger partial charge in [-0.2, -0.15) is 0 Å². The molecule has 2 rings (SSSR count). The second-order valence-electron chi connectivity index (χ2n) is 7.54. The van der Waals surface area contributed by atoms with Crippen molar-refractivity contribution in [3.05, 3.63) is 47.0 Å². The van der Waals surface area contributed by atoms with Gasteiger partial charge in [0.05, 0.1) is 0 Å². The highest BCUT2D eigenvalue weighted by Crippen LogP contribution is 2.27. The molecule has 0 atom stereocenters. The summed E-state index contributed by atoms with van der Waals surface area (Å²) in [6.45, 7) is 10.2. The Hall–Kier alpha value is -1.75. The number of benzene rings is 1. The molecule has 1 aliphatic heterocycles. The molecule has 5 heteroatoms. The number of alkyl halides is 2. The molecule has 0 spiro atoms. The van der Waals surface area contributed by atoms with Crippen LogP contribution in [0.3, 0.4) is 0 Å². The van der Waals surface area contributed by atoms with Crippen LogP contribution in [0.15, 0.2) is 35.9 Å². The number of hydrogen-bond acceptors (Lipinski definition) is 2.